The van der Waals surface area contributed by atoms with E-state index < -0.39 is 0 Å². The Bertz CT molecular complexity index is 1270. The normalized spacial score (nSPS) is 18.1. The molecule has 0 aliphatic carbocycles. The third kappa shape index (κ3) is 4.00. The largest absolute Gasteiger partial charge is 0.459 e. The summed E-state index contributed by atoms with van der Waals surface area (Å²) in [6, 6.07) is 24.0. The third-order valence-corrected chi connectivity index (χ3v) is 7.30. The lowest BCUT2D eigenvalue weighted by molar-refractivity contribution is 0.439. The number of benzene rings is 2. The van der Waals surface area contributed by atoms with Gasteiger partial charge in [0, 0.05) is 26.4 Å². The Labute approximate surface area is 208 Å². The van der Waals surface area contributed by atoms with E-state index in [0.717, 1.165) is 43.0 Å². The van der Waals surface area contributed by atoms with E-state index in [1.54, 1.807) is 6.20 Å². The zero-order valence-electron chi connectivity index (χ0n) is 17.1. The van der Waals surface area contributed by atoms with Gasteiger partial charge in [-0.15, -0.1) is 0 Å². The van der Waals surface area contributed by atoms with Gasteiger partial charge < -0.3 is 14.6 Å². The van der Waals surface area contributed by atoms with Crippen LogP contribution >= 0.6 is 44.1 Å². The summed E-state index contributed by atoms with van der Waals surface area (Å²) in [5, 5.41) is 4.12. The Balaban J connectivity index is 1.60. The minimum atomic E-state index is -0.179. The number of halogens is 2. The van der Waals surface area contributed by atoms with Gasteiger partial charge in [0.2, 0.25) is 0 Å². The van der Waals surface area contributed by atoms with E-state index in [0.29, 0.717) is 5.11 Å². The predicted molar refractivity (Wildman–Crippen MR) is 139 cm³/mol. The first-order valence-corrected chi connectivity index (χ1v) is 12.1. The molecule has 2 aromatic heterocycles. The van der Waals surface area contributed by atoms with Gasteiger partial charge in [0.15, 0.2) is 5.11 Å². The number of anilines is 1. The second kappa shape index (κ2) is 8.81. The fraction of sp³-hybridized carbons (Fsp3) is 0.120. The first-order valence-electron chi connectivity index (χ1n) is 10.1. The van der Waals surface area contributed by atoms with Crippen molar-refractivity contribution in [2.45, 2.75) is 19.0 Å². The van der Waals surface area contributed by atoms with E-state index in [9.17, 15) is 0 Å². The molecule has 3 heterocycles. The molecule has 1 saturated heterocycles. The highest BCUT2D eigenvalue weighted by Crippen LogP contribution is 2.43. The van der Waals surface area contributed by atoms with Crippen LogP contribution in [0, 0.1) is 6.92 Å². The lowest BCUT2D eigenvalue weighted by Gasteiger charge is -2.26. The number of rotatable bonds is 4. The number of pyridine rings is 1. The van der Waals surface area contributed by atoms with Crippen LogP contribution in [0.15, 0.2) is 92.4 Å². The lowest BCUT2D eigenvalue weighted by Crippen LogP contribution is -2.29. The Morgan fingerprint density at radius 1 is 1.00 bits per heavy atom. The first kappa shape index (κ1) is 21.4. The molecule has 1 fully saturated rings. The molecular formula is C25H19Br2N3OS. The molecule has 5 rings (SSSR count). The molecule has 0 amide bonds. The standard InChI is InChI=1S/C25H19Br2N3OS/c1-15-14-18(9-10-19(15)27)30-24(23(29-25(30)32)20-4-2-3-13-28-20)22-12-11-21(31-22)16-5-7-17(26)8-6-16/h2-14,23-24H,1H3,(H,29,32)/t23-,24+/m1/s1. The smallest absolute Gasteiger partial charge is 0.174 e. The molecule has 160 valence electrons. The van der Waals surface area contributed by atoms with Crippen LogP contribution < -0.4 is 10.2 Å². The summed E-state index contributed by atoms with van der Waals surface area (Å²) in [5.74, 6) is 1.64. The first-order chi connectivity index (χ1) is 15.5. The van der Waals surface area contributed by atoms with Crippen LogP contribution in [-0.4, -0.2) is 10.1 Å². The predicted octanol–water partition coefficient (Wildman–Crippen LogP) is 7.35. The van der Waals surface area contributed by atoms with Crippen LogP contribution in [0.1, 0.15) is 29.1 Å². The zero-order chi connectivity index (χ0) is 22.2. The number of hydrogen-bond acceptors (Lipinski definition) is 3. The SMILES string of the molecule is Cc1cc(N2C(=S)N[C@H](c3ccccn3)[C@@H]2c2ccc(-c3ccc(Br)cc3)o2)ccc1Br. The fourth-order valence-corrected chi connectivity index (χ4v) is 4.84. The molecule has 1 aliphatic heterocycles. The van der Waals surface area contributed by atoms with Gasteiger partial charge >= 0.3 is 0 Å². The number of aromatic nitrogens is 1. The maximum atomic E-state index is 6.41. The highest BCUT2D eigenvalue weighted by molar-refractivity contribution is 9.10. The molecule has 0 radical (unpaired) electrons. The molecule has 1 aliphatic rings. The maximum Gasteiger partial charge on any atom is 0.174 e. The van der Waals surface area contributed by atoms with Crippen molar-refractivity contribution in [3.8, 4) is 11.3 Å². The molecule has 1 N–H and O–H groups in total. The van der Waals surface area contributed by atoms with Gasteiger partial charge in [-0.05, 0) is 79.3 Å². The highest BCUT2D eigenvalue weighted by Gasteiger charge is 2.42. The topological polar surface area (TPSA) is 41.3 Å². The van der Waals surface area contributed by atoms with Crippen molar-refractivity contribution in [2.75, 3.05) is 4.90 Å². The van der Waals surface area contributed by atoms with Gasteiger partial charge in [-0.3, -0.25) is 4.98 Å². The van der Waals surface area contributed by atoms with Crippen LogP contribution in [0.3, 0.4) is 0 Å². The molecule has 4 aromatic rings. The fourth-order valence-electron chi connectivity index (χ4n) is 3.98. The number of hydrogen-bond donors (Lipinski definition) is 1. The highest BCUT2D eigenvalue weighted by atomic mass is 79.9. The molecular weight excluding hydrogens is 550 g/mol. The average molecular weight is 569 g/mol. The van der Waals surface area contributed by atoms with E-state index >= 15 is 0 Å². The number of furan rings is 1. The molecule has 0 unspecified atom stereocenters. The molecule has 0 bridgehead atoms. The van der Waals surface area contributed by atoms with E-state index in [1.165, 1.54) is 0 Å². The van der Waals surface area contributed by atoms with Gasteiger partial charge in [0.1, 0.15) is 17.6 Å². The Kier molecular flexibility index (Phi) is 5.88. The second-order valence-corrected chi connectivity index (χ2v) is 9.80. The molecule has 4 nitrogen and oxygen atoms in total. The number of nitrogens with one attached hydrogen (secondary N) is 1. The molecule has 2 aromatic carbocycles. The van der Waals surface area contributed by atoms with Gasteiger partial charge in [-0.25, -0.2) is 0 Å². The minimum absolute atomic E-state index is 0.142. The average Bonchev–Trinajstić information content (AvgIpc) is 3.41. The van der Waals surface area contributed by atoms with Crippen molar-refractivity contribution in [1.29, 1.82) is 0 Å². The molecule has 0 spiro atoms. The van der Waals surface area contributed by atoms with Gasteiger partial charge in [0.25, 0.3) is 0 Å². The summed E-state index contributed by atoms with van der Waals surface area (Å²) < 4.78 is 8.50. The lowest BCUT2D eigenvalue weighted by atomic mass is 10.0. The van der Waals surface area contributed by atoms with Crippen molar-refractivity contribution in [2.24, 2.45) is 0 Å². The quantitative estimate of drug-likeness (QED) is 0.261. The molecule has 2 atom stereocenters. The summed E-state index contributed by atoms with van der Waals surface area (Å²) in [7, 11) is 0. The van der Waals surface area contributed by atoms with E-state index in [2.05, 4.69) is 66.1 Å². The summed E-state index contributed by atoms with van der Waals surface area (Å²) in [5.41, 5.74) is 4.08. The van der Waals surface area contributed by atoms with Crippen molar-refractivity contribution in [1.82, 2.24) is 10.3 Å². The summed E-state index contributed by atoms with van der Waals surface area (Å²) in [6.45, 7) is 2.07. The van der Waals surface area contributed by atoms with Crippen LogP contribution in [0.25, 0.3) is 11.3 Å². The van der Waals surface area contributed by atoms with Crippen molar-refractivity contribution in [3.63, 3.8) is 0 Å². The van der Waals surface area contributed by atoms with Crippen LogP contribution in [-0.2, 0) is 0 Å². The third-order valence-electron chi connectivity index (χ3n) is 5.56. The van der Waals surface area contributed by atoms with E-state index in [1.807, 2.05) is 60.7 Å². The van der Waals surface area contributed by atoms with Crippen LogP contribution in [0.2, 0.25) is 0 Å². The number of thiocarbonyl (C=S) groups is 1. The van der Waals surface area contributed by atoms with Crippen LogP contribution in [0.5, 0.6) is 0 Å². The molecule has 0 saturated carbocycles. The Morgan fingerprint density at radius 3 is 2.53 bits per heavy atom. The minimum Gasteiger partial charge on any atom is -0.459 e. The number of nitrogens with zero attached hydrogens (tertiary/aromatic N) is 2. The maximum absolute atomic E-state index is 6.41. The molecule has 32 heavy (non-hydrogen) atoms. The van der Waals surface area contributed by atoms with Crippen molar-refractivity contribution in [3.05, 3.63) is 105 Å². The zero-order valence-corrected chi connectivity index (χ0v) is 21.1. The van der Waals surface area contributed by atoms with E-state index in [-0.39, 0.29) is 12.1 Å². The monoisotopic (exact) mass is 567 g/mol. The molecule has 7 heteroatoms. The van der Waals surface area contributed by atoms with Crippen molar-refractivity contribution >= 4 is 54.9 Å². The number of aryl methyl sites for hydroxylation is 1. The Morgan fingerprint density at radius 2 is 1.81 bits per heavy atom. The van der Waals surface area contributed by atoms with Crippen LogP contribution in [0.4, 0.5) is 5.69 Å². The van der Waals surface area contributed by atoms with Crippen molar-refractivity contribution < 1.29 is 4.42 Å². The van der Waals surface area contributed by atoms with Gasteiger partial charge in [-0.2, -0.15) is 0 Å². The van der Waals surface area contributed by atoms with E-state index in [4.69, 9.17) is 16.6 Å². The van der Waals surface area contributed by atoms with Gasteiger partial charge in [0.05, 0.1) is 11.7 Å². The summed E-state index contributed by atoms with van der Waals surface area (Å²) in [4.78, 5) is 6.73. The van der Waals surface area contributed by atoms with Gasteiger partial charge in [-0.1, -0.05) is 50.1 Å². The summed E-state index contributed by atoms with van der Waals surface area (Å²) >= 11 is 12.9. The second-order valence-electron chi connectivity index (χ2n) is 7.64. The summed E-state index contributed by atoms with van der Waals surface area (Å²) in [6.07, 6.45) is 1.80. The Hall–Kier alpha value is -2.48.